The molecule has 1 amide bonds. The SMILES string of the molecule is CCCOC(=O)N(CCCCOCc1cc(Cl)cc(Cl)c1)CCOc1ccc(CC(OCC)C(=O)O)cc1. The number of unbranched alkanes of at least 4 members (excludes halogenated alkanes) is 1. The minimum absolute atomic E-state index is 0.275. The Balaban J connectivity index is 1.76. The first-order valence-electron chi connectivity index (χ1n) is 12.8. The van der Waals surface area contributed by atoms with Gasteiger partial charge in [0.1, 0.15) is 12.4 Å². The molecule has 0 aliphatic rings. The van der Waals surface area contributed by atoms with E-state index in [2.05, 4.69) is 0 Å². The van der Waals surface area contributed by atoms with E-state index in [-0.39, 0.29) is 12.5 Å². The summed E-state index contributed by atoms with van der Waals surface area (Å²) in [5.74, 6) is -0.353. The Morgan fingerprint density at radius 2 is 1.63 bits per heavy atom. The summed E-state index contributed by atoms with van der Waals surface area (Å²) >= 11 is 12.0. The quantitative estimate of drug-likeness (QED) is 0.212. The number of benzene rings is 2. The third-order valence-electron chi connectivity index (χ3n) is 5.46. The van der Waals surface area contributed by atoms with Crippen molar-refractivity contribution in [3.05, 3.63) is 63.6 Å². The molecular weight excluding hydrogens is 533 g/mol. The molecule has 0 aliphatic heterocycles. The zero-order chi connectivity index (χ0) is 27.8. The Morgan fingerprint density at radius 3 is 2.26 bits per heavy atom. The Morgan fingerprint density at radius 1 is 0.921 bits per heavy atom. The number of carboxylic acid groups (broad SMARTS) is 1. The lowest BCUT2D eigenvalue weighted by Gasteiger charge is -2.22. The van der Waals surface area contributed by atoms with E-state index in [1.54, 1.807) is 30.0 Å². The number of aliphatic carboxylic acids is 1. The second kappa shape index (κ2) is 17.9. The number of hydrogen-bond donors (Lipinski definition) is 1. The summed E-state index contributed by atoms with van der Waals surface area (Å²) in [6.45, 7) is 6.55. The summed E-state index contributed by atoms with van der Waals surface area (Å²) in [5.41, 5.74) is 1.75. The predicted molar refractivity (Wildman–Crippen MR) is 147 cm³/mol. The third kappa shape index (κ3) is 12.3. The average Bonchev–Trinajstić information content (AvgIpc) is 2.88. The van der Waals surface area contributed by atoms with Crippen molar-refractivity contribution in [1.82, 2.24) is 4.90 Å². The lowest BCUT2D eigenvalue weighted by Crippen LogP contribution is -2.36. The molecule has 0 aliphatic carbocycles. The summed E-state index contributed by atoms with van der Waals surface area (Å²) in [4.78, 5) is 25.4. The average molecular weight is 571 g/mol. The number of halogens is 2. The van der Waals surface area contributed by atoms with Gasteiger partial charge >= 0.3 is 12.1 Å². The molecule has 0 radical (unpaired) electrons. The van der Waals surface area contributed by atoms with E-state index >= 15 is 0 Å². The first-order valence-corrected chi connectivity index (χ1v) is 13.6. The monoisotopic (exact) mass is 569 g/mol. The highest BCUT2D eigenvalue weighted by molar-refractivity contribution is 6.34. The minimum Gasteiger partial charge on any atom is -0.492 e. The predicted octanol–water partition coefficient (Wildman–Crippen LogP) is 6.25. The Kier molecular flexibility index (Phi) is 14.9. The van der Waals surface area contributed by atoms with Crippen molar-refractivity contribution < 1.29 is 33.6 Å². The molecule has 0 saturated carbocycles. The third-order valence-corrected chi connectivity index (χ3v) is 5.90. The zero-order valence-corrected chi connectivity index (χ0v) is 23.5. The highest BCUT2D eigenvalue weighted by Gasteiger charge is 2.18. The minimum atomic E-state index is -0.986. The maximum Gasteiger partial charge on any atom is 0.409 e. The van der Waals surface area contributed by atoms with Crippen molar-refractivity contribution >= 4 is 35.3 Å². The number of carboxylic acids is 1. The van der Waals surface area contributed by atoms with Gasteiger partial charge < -0.3 is 29.0 Å². The smallest absolute Gasteiger partial charge is 0.409 e. The van der Waals surface area contributed by atoms with Crippen LogP contribution in [-0.4, -0.2) is 67.7 Å². The van der Waals surface area contributed by atoms with Gasteiger partial charge in [-0.1, -0.05) is 42.3 Å². The van der Waals surface area contributed by atoms with Crippen molar-refractivity contribution in [2.45, 2.75) is 52.2 Å². The highest BCUT2D eigenvalue weighted by atomic mass is 35.5. The molecule has 2 aromatic carbocycles. The number of rotatable bonds is 18. The summed E-state index contributed by atoms with van der Waals surface area (Å²) in [5, 5.41) is 10.4. The number of hydrogen-bond acceptors (Lipinski definition) is 6. The van der Waals surface area contributed by atoms with Crippen molar-refractivity contribution in [2.75, 3.05) is 39.5 Å². The van der Waals surface area contributed by atoms with Crippen LogP contribution in [-0.2, 0) is 32.0 Å². The summed E-state index contributed by atoms with van der Waals surface area (Å²) in [7, 11) is 0. The van der Waals surface area contributed by atoms with Crippen LogP contribution in [0.5, 0.6) is 5.75 Å². The highest BCUT2D eigenvalue weighted by Crippen LogP contribution is 2.20. The van der Waals surface area contributed by atoms with Crippen LogP contribution in [0.3, 0.4) is 0 Å². The standard InChI is InChI=1S/C28H37Cl2NO7/c1-3-13-38-28(34)31(11-5-6-14-35-20-22-16-23(29)19-24(30)17-22)12-15-37-25-9-7-21(8-10-25)18-26(27(32)33)36-4-2/h7-10,16-17,19,26H,3-6,11-15,18,20H2,1-2H3,(H,32,33). The molecule has 0 aromatic heterocycles. The van der Waals surface area contributed by atoms with Gasteiger partial charge in [0.25, 0.3) is 0 Å². The second-order valence-corrected chi connectivity index (χ2v) is 9.49. The lowest BCUT2D eigenvalue weighted by molar-refractivity contribution is -0.149. The van der Waals surface area contributed by atoms with Crippen LogP contribution in [0.1, 0.15) is 44.2 Å². The van der Waals surface area contributed by atoms with Crippen LogP contribution in [0.2, 0.25) is 10.0 Å². The molecule has 0 fully saturated rings. The molecule has 0 spiro atoms. The van der Waals surface area contributed by atoms with Gasteiger partial charge in [0.15, 0.2) is 6.10 Å². The van der Waals surface area contributed by atoms with E-state index in [1.807, 2.05) is 31.2 Å². The van der Waals surface area contributed by atoms with Gasteiger partial charge in [0.2, 0.25) is 0 Å². The van der Waals surface area contributed by atoms with Gasteiger partial charge in [-0.25, -0.2) is 9.59 Å². The van der Waals surface area contributed by atoms with Crippen molar-refractivity contribution in [3.8, 4) is 5.75 Å². The topological polar surface area (TPSA) is 94.5 Å². The van der Waals surface area contributed by atoms with E-state index in [0.717, 1.165) is 30.4 Å². The first-order chi connectivity index (χ1) is 18.3. The van der Waals surface area contributed by atoms with Gasteiger partial charge in [0.05, 0.1) is 19.8 Å². The fourth-order valence-corrected chi connectivity index (χ4v) is 4.17. The molecule has 1 unspecified atom stereocenters. The van der Waals surface area contributed by atoms with Gasteiger partial charge in [-0.15, -0.1) is 0 Å². The first kappa shape index (κ1) is 31.7. The van der Waals surface area contributed by atoms with E-state index in [0.29, 0.717) is 61.9 Å². The number of amides is 1. The van der Waals surface area contributed by atoms with Crippen LogP contribution in [0, 0.1) is 0 Å². The number of ether oxygens (including phenoxy) is 4. The van der Waals surface area contributed by atoms with Gasteiger partial charge in [0, 0.05) is 36.2 Å². The van der Waals surface area contributed by atoms with Crippen molar-refractivity contribution in [1.29, 1.82) is 0 Å². The van der Waals surface area contributed by atoms with Crippen LogP contribution in [0.15, 0.2) is 42.5 Å². The zero-order valence-electron chi connectivity index (χ0n) is 22.0. The van der Waals surface area contributed by atoms with E-state index in [9.17, 15) is 14.7 Å². The molecule has 8 nitrogen and oxygen atoms in total. The van der Waals surface area contributed by atoms with E-state index in [1.165, 1.54) is 0 Å². The molecule has 10 heteroatoms. The fraction of sp³-hybridized carbons (Fsp3) is 0.500. The Hall–Kier alpha value is -2.52. The van der Waals surface area contributed by atoms with E-state index < -0.39 is 12.1 Å². The van der Waals surface area contributed by atoms with Gasteiger partial charge in [-0.3, -0.25) is 0 Å². The molecule has 1 atom stereocenters. The normalized spacial score (nSPS) is 11.7. The summed E-state index contributed by atoms with van der Waals surface area (Å²) in [6, 6.07) is 12.5. The molecule has 0 bridgehead atoms. The largest absolute Gasteiger partial charge is 0.492 e. The van der Waals surface area contributed by atoms with Crippen LogP contribution in [0.25, 0.3) is 0 Å². The summed E-state index contributed by atoms with van der Waals surface area (Å²) < 4.78 is 22.1. The van der Waals surface area contributed by atoms with E-state index in [4.69, 9.17) is 42.1 Å². The maximum atomic E-state index is 12.5. The van der Waals surface area contributed by atoms with Crippen LogP contribution < -0.4 is 4.74 Å². The van der Waals surface area contributed by atoms with Crippen molar-refractivity contribution in [2.24, 2.45) is 0 Å². The molecule has 38 heavy (non-hydrogen) atoms. The number of nitrogens with zero attached hydrogens (tertiary/aromatic N) is 1. The number of carbonyl (C=O) groups excluding carboxylic acids is 1. The Bertz CT molecular complexity index is 967. The summed E-state index contributed by atoms with van der Waals surface area (Å²) in [6.07, 6.45) is 1.29. The fourth-order valence-electron chi connectivity index (χ4n) is 3.59. The molecule has 210 valence electrons. The molecular formula is C28H37Cl2NO7. The maximum absolute atomic E-state index is 12.5. The van der Waals surface area contributed by atoms with Crippen LogP contribution in [0.4, 0.5) is 4.79 Å². The van der Waals surface area contributed by atoms with Crippen molar-refractivity contribution in [3.63, 3.8) is 0 Å². The Labute approximate surface area is 234 Å². The molecule has 2 aromatic rings. The molecule has 2 rings (SSSR count). The lowest BCUT2D eigenvalue weighted by atomic mass is 10.1. The molecule has 0 saturated heterocycles. The molecule has 0 heterocycles. The molecule has 1 N–H and O–H groups in total. The second-order valence-electron chi connectivity index (χ2n) is 8.62. The van der Waals surface area contributed by atoms with Gasteiger partial charge in [-0.05, 0) is 67.6 Å². The van der Waals surface area contributed by atoms with Gasteiger partial charge in [-0.2, -0.15) is 0 Å². The van der Waals surface area contributed by atoms with Crippen LogP contribution >= 0.6 is 23.2 Å². The number of carbonyl (C=O) groups is 2.